The van der Waals surface area contributed by atoms with E-state index in [1.165, 1.54) is 4.90 Å². The fraction of sp³-hybridized carbons (Fsp3) is 0.833. The molecule has 3 aliphatic rings. The van der Waals surface area contributed by atoms with Gasteiger partial charge in [-0.05, 0) is 12.8 Å². The molecular formula is C12H20N4NaO8S. The smallest absolute Gasteiger partial charge is 0.373 e. The molecule has 3 aliphatic heterocycles. The Kier molecular flexibility index (Phi) is 7.64. The van der Waals surface area contributed by atoms with Crippen molar-refractivity contribution < 1.29 is 36.4 Å². The van der Waals surface area contributed by atoms with E-state index >= 15 is 0 Å². The zero-order chi connectivity index (χ0) is 18.0. The third-order valence-corrected chi connectivity index (χ3v) is 4.60. The largest absolute Gasteiger partial charge is 0.418 e. The average Bonchev–Trinajstić information content (AvgIpc) is 2.79. The van der Waals surface area contributed by atoms with E-state index in [4.69, 9.17) is 14.1 Å². The molecular weight excluding hydrogens is 383 g/mol. The first-order chi connectivity index (χ1) is 11.8. The van der Waals surface area contributed by atoms with Crippen molar-refractivity contribution >= 4 is 51.9 Å². The van der Waals surface area contributed by atoms with Gasteiger partial charge in [0.2, 0.25) is 0 Å². The maximum Gasteiger partial charge on any atom is 0.418 e. The van der Waals surface area contributed by atoms with Crippen molar-refractivity contribution in [2.75, 3.05) is 32.8 Å². The Morgan fingerprint density at radius 1 is 1.42 bits per heavy atom. The molecule has 0 saturated carbocycles. The molecule has 1 radical (unpaired) electrons. The van der Waals surface area contributed by atoms with E-state index in [1.54, 1.807) is 0 Å². The summed E-state index contributed by atoms with van der Waals surface area (Å²) in [6, 6.07) is -2.13. The number of hydrogen-bond donors (Lipinski definition) is 3. The van der Waals surface area contributed by atoms with Gasteiger partial charge in [-0.15, -0.1) is 4.28 Å². The van der Waals surface area contributed by atoms with E-state index < -0.39 is 34.4 Å². The summed E-state index contributed by atoms with van der Waals surface area (Å²) < 4.78 is 40.1. The Hall–Kier alpha value is -0.510. The topological polar surface area (TPSA) is 147 Å². The van der Waals surface area contributed by atoms with Crippen LogP contribution in [0, 0.1) is 0 Å². The van der Waals surface area contributed by atoms with E-state index in [-0.39, 0.29) is 48.8 Å². The summed E-state index contributed by atoms with van der Waals surface area (Å²) in [6.07, 6.45) is 0.501. The number of ether oxygens (including phenoxy) is 1. The van der Waals surface area contributed by atoms with Gasteiger partial charge in [-0.25, -0.2) is 10.3 Å². The number of urea groups is 1. The maximum atomic E-state index is 12.3. The molecule has 3 N–H and O–H groups in total. The summed E-state index contributed by atoms with van der Waals surface area (Å²) in [7, 11) is -4.81. The number of nitrogens with one attached hydrogen (secondary N) is 2. The second kappa shape index (κ2) is 9.12. The number of piperidine rings is 1. The van der Waals surface area contributed by atoms with Gasteiger partial charge < -0.3 is 15.0 Å². The van der Waals surface area contributed by atoms with Gasteiger partial charge in [0.1, 0.15) is 12.6 Å². The molecule has 0 spiro atoms. The van der Waals surface area contributed by atoms with Gasteiger partial charge in [0.25, 0.3) is 5.91 Å². The molecule has 3 fully saturated rings. The quantitative estimate of drug-likeness (QED) is 0.252. The van der Waals surface area contributed by atoms with Crippen molar-refractivity contribution in [3.8, 4) is 0 Å². The summed E-state index contributed by atoms with van der Waals surface area (Å²) in [5.74, 6) is -0.510. The van der Waals surface area contributed by atoms with Crippen molar-refractivity contribution in [1.29, 1.82) is 0 Å². The molecule has 1 unspecified atom stereocenters. The maximum absolute atomic E-state index is 12.3. The van der Waals surface area contributed by atoms with Gasteiger partial charge in [-0.1, -0.05) is 0 Å². The first kappa shape index (κ1) is 21.8. The zero-order valence-corrected chi connectivity index (χ0v) is 17.1. The Balaban J connectivity index is 0.00000243. The molecule has 0 aromatic carbocycles. The molecule has 3 heterocycles. The van der Waals surface area contributed by atoms with Crippen LogP contribution in [0.2, 0.25) is 0 Å². The number of amides is 3. The standard InChI is InChI=1S/C12H20N4O8S.Na/c17-11(14-23-7-9-5-13-3-4-22-9)10-2-1-8-6-15(10)12(18)16(8)24-25(19,20)21;/h8-10,13H,1-7H2,(H,14,17)(H,19,20,21);/t8-,9?,10+;/m1./s1. The van der Waals surface area contributed by atoms with Gasteiger partial charge in [-0.3, -0.25) is 14.2 Å². The number of nitrogens with zero attached hydrogens (tertiary/aromatic N) is 2. The molecule has 3 amide bonds. The van der Waals surface area contributed by atoms with Gasteiger partial charge >= 0.3 is 16.4 Å². The number of morpholine rings is 1. The Morgan fingerprint density at radius 3 is 2.85 bits per heavy atom. The second-order valence-electron chi connectivity index (χ2n) is 5.98. The van der Waals surface area contributed by atoms with Crippen LogP contribution in [-0.4, -0.2) is 115 Å². The third kappa shape index (κ3) is 5.27. The molecule has 0 aromatic rings. The van der Waals surface area contributed by atoms with Gasteiger partial charge in [0.15, 0.2) is 0 Å². The predicted molar refractivity (Wildman–Crippen MR) is 85.8 cm³/mol. The molecule has 0 aromatic heterocycles. The van der Waals surface area contributed by atoms with Crippen molar-refractivity contribution in [3.63, 3.8) is 0 Å². The molecule has 143 valence electrons. The fourth-order valence-electron chi connectivity index (χ4n) is 3.10. The van der Waals surface area contributed by atoms with Crippen LogP contribution < -0.4 is 10.8 Å². The van der Waals surface area contributed by atoms with E-state index in [2.05, 4.69) is 15.1 Å². The predicted octanol–water partition coefficient (Wildman–Crippen LogP) is -2.36. The van der Waals surface area contributed by atoms with E-state index in [0.717, 1.165) is 6.54 Å². The average molecular weight is 403 g/mol. The minimum atomic E-state index is -4.81. The van der Waals surface area contributed by atoms with Crippen molar-refractivity contribution in [3.05, 3.63) is 0 Å². The summed E-state index contributed by atoms with van der Waals surface area (Å²) >= 11 is 0. The Bertz CT molecular complexity index is 629. The van der Waals surface area contributed by atoms with Gasteiger partial charge in [0, 0.05) is 49.2 Å². The van der Waals surface area contributed by atoms with Crippen molar-refractivity contribution in [2.24, 2.45) is 0 Å². The minimum Gasteiger partial charge on any atom is -0.373 e. The molecule has 26 heavy (non-hydrogen) atoms. The molecule has 2 bridgehead atoms. The molecule has 3 rings (SSSR count). The third-order valence-electron chi connectivity index (χ3n) is 4.25. The van der Waals surface area contributed by atoms with E-state index in [9.17, 15) is 18.0 Å². The van der Waals surface area contributed by atoms with Gasteiger partial charge in [0.05, 0.1) is 18.8 Å². The van der Waals surface area contributed by atoms with Crippen LogP contribution in [0.15, 0.2) is 0 Å². The zero-order valence-electron chi connectivity index (χ0n) is 14.3. The normalized spacial score (nSPS) is 28.7. The number of hydrogen-bond acceptors (Lipinski definition) is 8. The van der Waals surface area contributed by atoms with Crippen LogP contribution in [0.5, 0.6) is 0 Å². The molecule has 0 aliphatic carbocycles. The van der Waals surface area contributed by atoms with Crippen molar-refractivity contribution in [2.45, 2.75) is 31.0 Å². The monoisotopic (exact) mass is 403 g/mol. The summed E-state index contributed by atoms with van der Waals surface area (Å²) in [5, 5.41) is 3.72. The summed E-state index contributed by atoms with van der Waals surface area (Å²) in [4.78, 5) is 30.8. The van der Waals surface area contributed by atoms with E-state index in [0.29, 0.717) is 31.1 Å². The van der Waals surface area contributed by atoms with Crippen LogP contribution >= 0.6 is 0 Å². The number of fused-ring (bicyclic) bond motifs is 2. The summed E-state index contributed by atoms with van der Waals surface area (Å²) in [6.45, 7) is 2.25. The fourth-order valence-corrected chi connectivity index (χ4v) is 3.49. The molecule has 14 heteroatoms. The SMILES string of the molecule is O=C(NOCC1CNCCO1)[C@@H]1CC[C@@H]2CN1C(=O)N2OS(=O)(=O)O.[Na]. The first-order valence-corrected chi connectivity index (χ1v) is 9.22. The molecule has 12 nitrogen and oxygen atoms in total. The summed E-state index contributed by atoms with van der Waals surface area (Å²) in [5.41, 5.74) is 2.30. The molecule has 3 atom stereocenters. The number of carbonyl (C=O) groups excluding carboxylic acids is 2. The van der Waals surface area contributed by atoms with E-state index in [1.807, 2.05) is 0 Å². The second-order valence-corrected chi connectivity index (χ2v) is 6.99. The first-order valence-electron chi connectivity index (χ1n) is 7.86. The number of hydroxylamine groups is 3. The van der Waals surface area contributed by atoms with Gasteiger partial charge in [-0.2, -0.15) is 13.5 Å². The van der Waals surface area contributed by atoms with Crippen LogP contribution in [0.3, 0.4) is 0 Å². The van der Waals surface area contributed by atoms with Crippen molar-refractivity contribution in [1.82, 2.24) is 20.8 Å². The van der Waals surface area contributed by atoms with Crippen LogP contribution in [-0.2, 0) is 29.1 Å². The van der Waals surface area contributed by atoms with Crippen LogP contribution in [0.4, 0.5) is 4.79 Å². The Labute approximate surface area is 172 Å². The van der Waals surface area contributed by atoms with Crippen LogP contribution in [0.1, 0.15) is 12.8 Å². The number of rotatable bonds is 6. The minimum absolute atomic E-state index is 0. The van der Waals surface area contributed by atoms with Crippen LogP contribution in [0.25, 0.3) is 0 Å². The number of carbonyl (C=O) groups is 2. The molecule has 3 saturated heterocycles. The Morgan fingerprint density at radius 2 is 2.19 bits per heavy atom.